The number of carbonyl (C=O) groups excluding carboxylic acids is 1. The van der Waals surface area contributed by atoms with Crippen molar-refractivity contribution in [2.75, 3.05) is 13.7 Å². The van der Waals surface area contributed by atoms with Crippen LogP contribution in [0.1, 0.15) is 29.2 Å². The highest BCUT2D eigenvalue weighted by atomic mass is 32.1. The first kappa shape index (κ1) is 19.9. The molecule has 1 fully saturated rings. The smallest absolute Gasteiger partial charge is 0.377 e. The zero-order valence-corrected chi connectivity index (χ0v) is 14.7. The maximum Gasteiger partial charge on any atom is 0.435 e. The van der Waals surface area contributed by atoms with Crippen LogP contribution in [-0.4, -0.2) is 45.2 Å². The molecule has 0 unspecified atom stereocenters. The number of fused-ring (bicyclic) bond motifs is 1. The van der Waals surface area contributed by atoms with Crippen molar-refractivity contribution in [3.63, 3.8) is 0 Å². The van der Waals surface area contributed by atoms with Crippen LogP contribution in [0.4, 0.5) is 26.3 Å². The molecule has 0 aromatic carbocycles. The number of methoxy groups -OCH3 is 1. The lowest BCUT2D eigenvalue weighted by Crippen LogP contribution is -2.27. The lowest BCUT2D eigenvalue weighted by Gasteiger charge is -2.18. The molecule has 2 aromatic heterocycles. The van der Waals surface area contributed by atoms with E-state index in [1.165, 1.54) is 7.11 Å². The second kappa shape index (κ2) is 6.93. The van der Waals surface area contributed by atoms with E-state index in [0.717, 1.165) is 20.8 Å². The van der Waals surface area contributed by atoms with Gasteiger partial charge in [-0.3, -0.25) is 4.79 Å². The first-order valence-electron chi connectivity index (χ1n) is 7.76. The average Bonchev–Trinajstić information content (AvgIpc) is 3.12. The molecule has 3 heterocycles. The summed E-state index contributed by atoms with van der Waals surface area (Å²) in [6.07, 6.45) is -10.7. The Balaban J connectivity index is 1.89. The maximum absolute atomic E-state index is 13.3. The van der Waals surface area contributed by atoms with Crippen molar-refractivity contribution in [3.8, 4) is 0 Å². The van der Waals surface area contributed by atoms with E-state index >= 15 is 0 Å². The van der Waals surface area contributed by atoms with E-state index in [-0.39, 0.29) is 30.2 Å². The van der Waals surface area contributed by atoms with E-state index < -0.39 is 42.8 Å². The number of ether oxygens (including phenoxy) is 1. The van der Waals surface area contributed by atoms with Crippen molar-refractivity contribution in [1.82, 2.24) is 19.5 Å². The number of aromatic nitrogens is 3. The van der Waals surface area contributed by atoms with Gasteiger partial charge < -0.3 is 9.64 Å². The molecule has 0 radical (unpaired) electrons. The first-order valence-corrected chi connectivity index (χ1v) is 8.57. The second-order valence-corrected chi connectivity index (χ2v) is 7.23. The van der Waals surface area contributed by atoms with Gasteiger partial charge in [0.2, 0.25) is 10.9 Å². The molecule has 1 saturated heterocycles. The number of hydrogen-bond donors (Lipinski definition) is 0. The third-order valence-electron chi connectivity index (χ3n) is 4.03. The molecule has 1 atom stereocenters. The van der Waals surface area contributed by atoms with Crippen molar-refractivity contribution in [3.05, 3.63) is 16.4 Å². The average molecular weight is 416 g/mol. The van der Waals surface area contributed by atoms with Gasteiger partial charge in [-0.15, -0.1) is 0 Å². The zero-order chi connectivity index (χ0) is 20.0. The molecule has 1 aliphatic rings. The van der Waals surface area contributed by atoms with Crippen LogP contribution < -0.4 is 0 Å². The SMILES string of the molecule is COCc1nn2c(CN3C[C@H](CC(F)(F)F)CC3=O)c(C(F)(F)F)nc2s1. The van der Waals surface area contributed by atoms with Gasteiger partial charge in [0.05, 0.1) is 18.8 Å². The zero-order valence-electron chi connectivity index (χ0n) is 13.9. The van der Waals surface area contributed by atoms with E-state index in [4.69, 9.17) is 4.74 Å². The molecule has 3 rings (SSSR count). The summed E-state index contributed by atoms with van der Waals surface area (Å²) in [4.78, 5) is 16.5. The van der Waals surface area contributed by atoms with Crippen molar-refractivity contribution in [1.29, 1.82) is 0 Å². The molecule has 0 saturated carbocycles. The standard InChI is InChI=1S/C14H14F6N4O2S/c1-26-6-9-22-24-8(11(14(18,19)20)21-12(24)27-9)5-23-4-7(2-10(23)25)3-13(15,16)17/h7H,2-6H2,1H3/t7-/m0/s1. The third kappa shape index (κ3) is 4.34. The lowest BCUT2D eigenvalue weighted by atomic mass is 10.1. The predicted molar refractivity (Wildman–Crippen MR) is 80.8 cm³/mol. The molecule has 13 heteroatoms. The van der Waals surface area contributed by atoms with Gasteiger partial charge in [-0.25, -0.2) is 9.50 Å². The number of imidazole rings is 1. The summed E-state index contributed by atoms with van der Waals surface area (Å²) >= 11 is 0.904. The fourth-order valence-electron chi connectivity index (χ4n) is 3.03. The summed E-state index contributed by atoms with van der Waals surface area (Å²) in [5, 5.41) is 4.40. The Morgan fingerprint density at radius 2 is 1.96 bits per heavy atom. The maximum atomic E-state index is 13.3. The fourth-order valence-corrected chi connectivity index (χ4v) is 3.92. The van der Waals surface area contributed by atoms with Crippen LogP contribution in [0.2, 0.25) is 0 Å². The molecule has 27 heavy (non-hydrogen) atoms. The third-order valence-corrected chi connectivity index (χ3v) is 4.91. The van der Waals surface area contributed by atoms with E-state index in [1.54, 1.807) is 0 Å². The molecule has 2 aromatic rings. The van der Waals surface area contributed by atoms with Crippen LogP contribution in [0.25, 0.3) is 4.96 Å². The Labute approximate surface area is 152 Å². The van der Waals surface area contributed by atoms with Crippen molar-refractivity contribution in [2.45, 2.75) is 38.3 Å². The van der Waals surface area contributed by atoms with Gasteiger partial charge in [0, 0.05) is 26.5 Å². The number of likely N-dealkylation sites (tertiary alicyclic amines) is 1. The van der Waals surface area contributed by atoms with Crippen molar-refractivity contribution in [2.24, 2.45) is 5.92 Å². The minimum atomic E-state index is -4.78. The number of amides is 1. The largest absolute Gasteiger partial charge is 0.435 e. The van der Waals surface area contributed by atoms with Gasteiger partial charge in [-0.05, 0) is 5.92 Å². The number of alkyl halides is 6. The Morgan fingerprint density at radius 1 is 1.26 bits per heavy atom. The molecule has 0 aliphatic carbocycles. The van der Waals surface area contributed by atoms with Crippen LogP contribution in [0.3, 0.4) is 0 Å². The Kier molecular flexibility index (Phi) is 5.10. The molecule has 1 aliphatic heterocycles. The number of carbonyl (C=O) groups is 1. The summed E-state index contributed by atoms with van der Waals surface area (Å²) in [5.41, 5.74) is -1.57. The summed E-state index contributed by atoms with van der Waals surface area (Å²) in [7, 11) is 1.40. The monoisotopic (exact) mass is 416 g/mol. The number of rotatable bonds is 5. The van der Waals surface area contributed by atoms with Crippen LogP contribution in [0, 0.1) is 5.92 Å². The number of hydrogen-bond acceptors (Lipinski definition) is 5. The first-order chi connectivity index (χ1) is 12.5. The molecule has 1 amide bonds. The fraction of sp³-hybridized carbons (Fsp3) is 0.643. The van der Waals surface area contributed by atoms with E-state index in [9.17, 15) is 31.1 Å². The Morgan fingerprint density at radius 3 is 2.56 bits per heavy atom. The molecule has 0 bridgehead atoms. The van der Waals surface area contributed by atoms with Crippen LogP contribution in [-0.2, 0) is 28.9 Å². The number of halogens is 6. The van der Waals surface area contributed by atoms with Crippen molar-refractivity contribution < 1.29 is 35.9 Å². The molecular weight excluding hydrogens is 402 g/mol. The summed E-state index contributed by atoms with van der Waals surface area (Å²) < 4.78 is 83.4. The predicted octanol–water partition coefficient (Wildman–Crippen LogP) is 3.26. The highest BCUT2D eigenvalue weighted by Gasteiger charge is 2.42. The van der Waals surface area contributed by atoms with E-state index in [1.807, 2.05) is 0 Å². The minimum absolute atomic E-state index is 0.0251. The summed E-state index contributed by atoms with van der Waals surface area (Å²) in [6.45, 7) is -0.706. The molecule has 0 spiro atoms. The summed E-state index contributed by atoms with van der Waals surface area (Å²) in [5.74, 6) is -1.60. The Bertz CT molecular complexity index is 843. The van der Waals surface area contributed by atoms with Crippen LogP contribution >= 0.6 is 11.3 Å². The van der Waals surface area contributed by atoms with Gasteiger partial charge in [-0.2, -0.15) is 31.4 Å². The Hall–Kier alpha value is -1.89. The second-order valence-electron chi connectivity index (χ2n) is 6.19. The molecule has 6 nitrogen and oxygen atoms in total. The van der Waals surface area contributed by atoms with Gasteiger partial charge in [0.25, 0.3) is 0 Å². The highest BCUT2D eigenvalue weighted by molar-refractivity contribution is 7.16. The van der Waals surface area contributed by atoms with Crippen molar-refractivity contribution >= 4 is 22.2 Å². The molecule has 0 N–H and O–H groups in total. The lowest BCUT2D eigenvalue weighted by molar-refractivity contribution is -0.143. The van der Waals surface area contributed by atoms with Crippen LogP contribution in [0.15, 0.2) is 0 Å². The number of nitrogens with zero attached hydrogens (tertiary/aromatic N) is 4. The normalized spacial score (nSPS) is 18.9. The topological polar surface area (TPSA) is 59.7 Å². The molecular formula is C14H14F6N4O2S. The van der Waals surface area contributed by atoms with E-state index in [2.05, 4.69) is 10.1 Å². The van der Waals surface area contributed by atoms with E-state index in [0.29, 0.717) is 5.01 Å². The van der Waals surface area contributed by atoms with Gasteiger partial charge in [0.15, 0.2) is 5.69 Å². The van der Waals surface area contributed by atoms with Gasteiger partial charge in [-0.1, -0.05) is 11.3 Å². The minimum Gasteiger partial charge on any atom is -0.377 e. The summed E-state index contributed by atoms with van der Waals surface area (Å²) in [6, 6.07) is 0. The molecule has 150 valence electrons. The quantitative estimate of drug-likeness (QED) is 0.703. The van der Waals surface area contributed by atoms with Crippen LogP contribution in [0.5, 0.6) is 0 Å². The van der Waals surface area contributed by atoms with Gasteiger partial charge in [0.1, 0.15) is 5.01 Å². The van der Waals surface area contributed by atoms with Gasteiger partial charge >= 0.3 is 12.4 Å². The highest BCUT2D eigenvalue weighted by Crippen LogP contribution is 2.36.